The fraction of sp³-hybridized carbons (Fsp3) is 0.235. The van der Waals surface area contributed by atoms with Crippen molar-refractivity contribution in [3.63, 3.8) is 0 Å². The van der Waals surface area contributed by atoms with Gasteiger partial charge in [-0.1, -0.05) is 48.0 Å². The number of anilines is 1. The molecule has 116 valence electrons. The van der Waals surface area contributed by atoms with Crippen molar-refractivity contribution in [2.24, 2.45) is 0 Å². The van der Waals surface area contributed by atoms with Gasteiger partial charge in [0.25, 0.3) is 0 Å². The maximum absolute atomic E-state index is 11.9. The number of urea groups is 1. The highest BCUT2D eigenvalue weighted by Crippen LogP contribution is 2.20. The van der Waals surface area contributed by atoms with Crippen molar-refractivity contribution < 1.29 is 4.79 Å². The second-order valence-electron chi connectivity index (χ2n) is 5.35. The molecule has 2 rings (SSSR count). The van der Waals surface area contributed by atoms with E-state index in [1.807, 2.05) is 38.4 Å². The molecule has 0 aromatic heterocycles. The van der Waals surface area contributed by atoms with Crippen molar-refractivity contribution in [3.05, 3.63) is 64.7 Å². The van der Waals surface area contributed by atoms with Crippen molar-refractivity contribution >= 4 is 23.3 Å². The van der Waals surface area contributed by atoms with E-state index in [2.05, 4.69) is 27.7 Å². The zero-order chi connectivity index (χ0) is 15.9. The maximum atomic E-state index is 11.9. The van der Waals surface area contributed by atoms with Gasteiger partial charge in [0.15, 0.2) is 0 Å². The largest absolute Gasteiger partial charge is 0.334 e. The Kier molecular flexibility index (Phi) is 5.81. The Morgan fingerprint density at radius 2 is 1.82 bits per heavy atom. The summed E-state index contributed by atoms with van der Waals surface area (Å²) < 4.78 is 0. The first-order valence-electron chi connectivity index (χ1n) is 7.06. The number of amides is 2. The molecule has 0 spiro atoms. The molecule has 5 heteroatoms. The van der Waals surface area contributed by atoms with Gasteiger partial charge in [0, 0.05) is 13.1 Å². The highest BCUT2D eigenvalue weighted by Gasteiger charge is 2.05. The van der Waals surface area contributed by atoms with Gasteiger partial charge < -0.3 is 15.5 Å². The molecule has 0 heterocycles. The number of benzene rings is 2. The van der Waals surface area contributed by atoms with E-state index in [1.54, 1.807) is 12.1 Å². The number of halogens is 1. The van der Waals surface area contributed by atoms with Crippen LogP contribution < -0.4 is 10.6 Å². The predicted molar refractivity (Wildman–Crippen MR) is 91.1 cm³/mol. The number of nitrogens with zero attached hydrogens (tertiary/aromatic N) is 1. The van der Waals surface area contributed by atoms with Crippen LogP contribution in [-0.2, 0) is 13.1 Å². The molecule has 0 unspecified atom stereocenters. The number of hydrogen-bond acceptors (Lipinski definition) is 2. The lowest BCUT2D eigenvalue weighted by atomic mass is 10.1. The second kappa shape index (κ2) is 7.82. The molecule has 0 saturated heterocycles. The molecule has 0 saturated carbocycles. The molecular weight excluding hydrogens is 298 g/mol. The lowest BCUT2D eigenvalue weighted by molar-refractivity contribution is 0.251. The Bertz CT molecular complexity index is 643. The van der Waals surface area contributed by atoms with E-state index in [0.717, 1.165) is 12.1 Å². The predicted octanol–water partition coefficient (Wildman–Crippen LogP) is 3.72. The van der Waals surface area contributed by atoms with Gasteiger partial charge in [-0.2, -0.15) is 0 Å². The van der Waals surface area contributed by atoms with Crippen molar-refractivity contribution in [2.75, 3.05) is 19.4 Å². The molecule has 0 radical (unpaired) electrons. The van der Waals surface area contributed by atoms with Crippen molar-refractivity contribution in [2.45, 2.75) is 13.1 Å². The molecule has 0 aliphatic rings. The van der Waals surface area contributed by atoms with Crippen LogP contribution in [0.5, 0.6) is 0 Å². The monoisotopic (exact) mass is 317 g/mol. The molecule has 2 N–H and O–H groups in total. The van der Waals surface area contributed by atoms with Gasteiger partial charge in [0.05, 0.1) is 10.7 Å². The average Bonchev–Trinajstić information content (AvgIpc) is 2.47. The second-order valence-corrected chi connectivity index (χ2v) is 5.75. The normalized spacial score (nSPS) is 10.5. The third-order valence-electron chi connectivity index (χ3n) is 3.07. The molecule has 22 heavy (non-hydrogen) atoms. The van der Waals surface area contributed by atoms with Gasteiger partial charge in [-0.15, -0.1) is 0 Å². The van der Waals surface area contributed by atoms with E-state index in [1.165, 1.54) is 5.56 Å². The molecule has 2 amide bonds. The van der Waals surface area contributed by atoms with E-state index in [0.29, 0.717) is 17.3 Å². The Balaban J connectivity index is 1.90. The van der Waals surface area contributed by atoms with E-state index >= 15 is 0 Å². The van der Waals surface area contributed by atoms with E-state index in [9.17, 15) is 4.79 Å². The molecular formula is C17H20ClN3O. The lowest BCUT2D eigenvalue weighted by Crippen LogP contribution is -2.28. The van der Waals surface area contributed by atoms with Gasteiger partial charge in [-0.05, 0) is 37.4 Å². The highest BCUT2D eigenvalue weighted by atomic mass is 35.5. The maximum Gasteiger partial charge on any atom is 0.319 e. The first-order chi connectivity index (χ1) is 10.5. The molecule has 2 aromatic carbocycles. The average molecular weight is 318 g/mol. The van der Waals surface area contributed by atoms with Crippen LogP contribution in [0, 0.1) is 0 Å². The summed E-state index contributed by atoms with van der Waals surface area (Å²) in [5.41, 5.74) is 2.88. The first-order valence-corrected chi connectivity index (χ1v) is 7.44. The number of hydrogen-bond donors (Lipinski definition) is 2. The summed E-state index contributed by atoms with van der Waals surface area (Å²) in [6.45, 7) is 1.34. The summed E-state index contributed by atoms with van der Waals surface area (Å²) in [5.74, 6) is 0. The summed E-state index contributed by atoms with van der Waals surface area (Å²) >= 11 is 6.01. The zero-order valence-electron chi connectivity index (χ0n) is 12.8. The summed E-state index contributed by atoms with van der Waals surface area (Å²) in [6.07, 6.45) is 0. The van der Waals surface area contributed by atoms with Crippen molar-refractivity contribution in [1.29, 1.82) is 0 Å². The molecule has 4 nitrogen and oxygen atoms in total. The first kappa shape index (κ1) is 16.3. The molecule has 0 atom stereocenters. The van der Waals surface area contributed by atoms with Crippen molar-refractivity contribution in [1.82, 2.24) is 10.2 Å². The SMILES string of the molecule is CN(C)Cc1cccc(CNC(=O)Nc2ccccc2Cl)c1. The highest BCUT2D eigenvalue weighted by molar-refractivity contribution is 6.33. The number of carbonyl (C=O) groups is 1. The zero-order valence-corrected chi connectivity index (χ0v) is 13.5. The van der Waals surface area contributed by atoms with Gasteiger partial charge in [0.1, 0.15) is 0 Å². The Morgan fingerprint density at radius 3 is 2.55 bits per heavy atom. The third kappa shape index (κ3) is 5.06. The van der Waals surface area contributed by atoms with Gasteiger partial charge >= 0.3 is 6.03 Å². The summed E-state index contributed by atoms with van der Waals surface area (Å²) in [7, 11) is 4.06. The standard InChI is InChI=1S/C17H20ClN3O/c1-21(2)12-14-7-5-6-13(10-14)11-19-17(22)20-16-9-4-3-8-15(16)18/h3-10H,11-12H2,1-2H3,(H2,19,20,22). The Morgan fingerprint density at radius 1 is 1.09 bits per heavy atom. The van der Waals surface area contributed by atoms with E-state index in [4.69, 9.17) is 11.6 Å². The van der Waals surface area contributed by atoms with Gasteiger partial charge in [-0.3, -0.25) is 0 Å². The van der Waals surface area contributed by atoms with Crippen LogP contribution >= 0.6 is 11.6 Å². The fourth-order valence-electron chi connectivity index (χ4n) is 2.11. The minimum absolute atomic E-state index is 0.272. The Labute approximate surface area is 136 Å². The molecule has 0 bridgehead atoms. The van der Waals surface area contributed by atoms with E-state index < -0.39 is 0 Å². The lowest BCUT2D eigenvalue weighted by Gasteiger charge is -2.12. The quantitative estimate of drug-likeness (QED) is 0.882. The van der Waals surface area contributed by atoms with Crippen LogP contribution in [0.3, 0.4) is 0 Å². The summed E-state index contributed by atoms with van der Waals surface area (Å²) in [6, 6.07) is 15.0. The van der Waals surface area contributed by atoms with Crippen LogP contribution in [0.25, 0.3) is 0 Å². The fourth-order valence-corrected chi connectivity index (χ4v) is 2.30. The van der Waals surface area contributed by atoms with Crippen LogP contribution in [0.2, 0.25) is 5.02 Å². The number of rotatable bonds is 5. The Hall–Kier alpha value is -2.04. The van der Waals surface area contributed by atoms with Crippen LogP contribution in [0.4, 0.5) is 10.5 Å². The molecule has 0 fully saturated rings. The van der Waals surface area contributed by atoms with Crippen LogP contribution in [0.1, 0.15) is 11.1 Å². The van der Waals surface area contributed by atoms with Crippen molar-refractivity contribution in [3.8, 4) is 0 Å². The number of nitrogens with one attached hydrogen (secondary N) is 2. The van der Waals surface area contributed by atoms with E-state index in [-0.39, 0.29) is 6.03 Å². The third-order valence-corrected chi connectivity index (χ3v) is 3.39. The molecule has 0 aliphatic heterocycles. The number of para-hydroxylation sites is 1. The number of carbonyl (C=O) groups excluding carboxylic acids is 1. The van der Waals surface area contributed by atoms with Gasteiger partial charge in [-0.25, -0.2) is 4.79 Å². The summed E-state index contributed by atoms with van der Waals surface area (Å²) in [5, 5.41) is 6.09. The topological polar surface area (TPSA) is 44.4 Å². The summed E-state index contributed by atoms with van der Waals surface area (Å²) in [4.78, 5) is 14.0. The minimum Gasteiger partial charge on any atom is -0.334 e. The molecule has 2 aromatic rings. The van der Waals surface area contributed by atoms with Crippen LogP contribution in [-0.4, -0.2) is 25.0 Å². The smallest absolute Gasteiger partial charge is 0.319 e. The minimum atomic E-state index is -0.272. The van der Waals surface area contributed by atoms with Gasteiger partial charge in [0.2, 0.25) is 0 Å². The van der Waals surface area contributed by atoms with Crippen LogP contribution in [0.15, 0.2) is 48.5 Å². The molecule has 0 aliphatic carbocycles.